The first-order valence-corrected chi connectivity index (χ1v) is 21.2. The molecule has 312 valence electrons. The third-order valence-electron chi connectivity index (χ3n) is 12.1. The van der Waals surface area contributed by atoms with Gasteiger partial charge < -0.3 is 30.3 Å². The highest BCUT2D eigenvalue weighted by Crippen LogP contribution is 2.33. The van der Waals surface area contributed by atoms with Crippen molar-refractivity contribution in [1.82, 2.24) is 35.6 Å². The number of amides is 2. The first kappa shape index (κ1) is 40.8. The molecule has 1 unspecified atom stereocenters. The van der Waals surface area contributed by atoms with Gasteiger partial charge in [-0.25, -0.2) is 9.37 Å². The molecule has 13 heteroatoms. The van der Waals surface area contributed by atoms with E-state index >= 15 is 0 Å². The van der Waals surface area contributed by atoms with Crippen molar-refractivity contribution < 1.29 is 23.5 Å². The Morgan fingerprint density at radius 2 is 1.75 bits per heavy atom. The average Bonchev–Trinajstić information content (AvgIpc) is 3.66. The molecule has 5 heterocycles. The molecule has 3 fully saturated rings. The maximum absolute atomic E-state index is 14.6. The van der Waals surface area contributed by atoms with Crippen LogP contribution in [-0.2, 0) is 22.6 Å². The molecule has 8 rings (SSSR count). The first-order valence-electron chi connectivity index (χ1n) is 21.2. The number of benzene rings is 2. The lowest BCUT2D eigenvalue weighted by Gasteiger charge is -2.36. The fourth-order valence-electron chi connectivity index (χ4n) is 9.15. The number of carbonyl (C=O) groups is 2. The molecule has 5 aliphatic rings. The molecule has 4 aliphatic heterocycles. The van der Waals surface area contributed by atoms with E-state index in [0.717, 1.165) is 61.6 Å². The number of rotatable bonds is 11. The quantitative estimate of drug-likeness (QED) is 0.221. The average molecular weight is 805 g/mol. The number of hydrogen-bond donors (Lipinski definition) is 3. The molecule has 4 atom stereocenters. The maximum atomic E-state index is 14.6. The van der Waals surface area contributed by atoms with Crippen molar-refractivity contribution in [3.05, 3.63) is 101 Å². The smallest absolute Gasteiger partial charge is 0.257 e. The second-order valence-corrected chi connectivity index (χ2v) is 17.0. The number of piperazine rings is 1. The molecule has 1 aromatic heterocycles. The summed E-state index contributed by atoms with van der Waals surface area (Å²) >= 11 is 0. The SMILES string of the molecule is CC1=CC=CC2=NC(C(=O)N[C@H]3CC[C@@H](NC(=O)c4cc(F)cnc4Oc4cccc(-c5ccc(CN6C[C@@H](C)N[C@@H](C)C6)cc5CN5CCOC[C@@H]5C)c4)CC3)CN12. The van der Waals surface area contributed by atoms with Crippen molar-refractivity contribution in [1.29, 1.82) is 0 Å². The highest BCUT2D eigenvalue weighted by atomic mass is 19.1. The fraction of sp³-hybridized carbons (Fsp3) is 0.478. The highest BCUT2D eigenvalue weighted by Gasteiger charge is 2.33. The molecule has 0 bridgehead atoms. The lowest BCUT2D eigenvalue weighted by Crippen LogP contribution is -2.53. The van der Waals surface area contributed by atoms with E-state index in [4.69, 9.17) is 9.47 Å². The molecule has 12 nitrogen and oxygen atoms in total. The maximum Gasteiger partial charge on any atom is 0.257 e. The number of halogens is 1. The number of nitrogens with zero attached hydrogens (tertiary/aromatic N) is 5. The van der Waals surface area contributed by atoms with Crippen molar-refractivity contribution in [3.8, 4) is 22.8 Å². The number of carbonyl (C=O) groups excluding carboxylic acids is 2. The molecule has 59 heavy (non-hydrogen) atoms. The lowest BCUT2D eigenvalue weighted by atomic mass is 9.90. The first-order chi connectivity index (χ1) is 28.5. The van der Waals surface area contributed by atoms with Gasteiger partial charge in [0.25, 0.3) is 5.91 Å². The van der Waals surface area contributed by atoms with Gasteiger partial charge in [-0.15, -0.1) is 0 Å². The topological polar surface area (TPSA) is 124 Å². The molecule has 2 amide bonds. The van der Waals surface area contributed by atoms with E-state index in [0.29, 0.717) is 69.3 Å². The third-order valence-corrected chi connectivity index (χ3v) is 12.1. The highest BCUT2D eigenvalue weighted by molar-refractivity contribution is 6.00. The Hall–Kier alpha value is -4.95. The van der Waals surface area contributed by atoms with Gasteiger partial charge in [-0.1, -0.05) is 36.4 Å². The minimum absolute atomic E-state index is 0.00323. The Kier molecular flexibility index (Phi) is 12.5. The molecule has 1 saturated carbocycles. The van der Waals surface area contributed by atoms with E-state index in [1.807, 2.05) is 43.4 Å². The fourth-order valence-corrected chi connectivity index (χ4v) is 9.15. The van der Waals surface area contributed by atoms with Crippen LogP contribution in [0.2, 0.25) is 0 Å². The molecule has 3 N–H and O–H groups in total. The van der Waals surface area contributed by atoms with Crippen LogP contribution in [0.3, 0.4) is 0 Å². The third kappa shape index (κ3) is 9.92. The normalized spacial score (nSPS) is 26.2. The minimum atomic E-state index is -0.623. The molecule has 3 aromatic rings. The summed E-state index contributed by atoms with van der Waals surface area (Å²) in [4.78, 5) is 42.7. The number of fused-ring (bicyclic) bond motifs is 1. The van der Waals surface area contributed by atoms with E-state index in [9.17, 15) is 14.0 Å². The van der Waals surface area contributed by atoms with E-state index < -0.39 is 17.8 Å². The summed E-state index contributed by atoms with van der Waals surface area (Å²) in [6, 6.07) is 16.3. The van der Waals surface area contributed by atoms with E-state index in [2.05, 4.69) is 85.7 Å². The zero-order valence-corrected chi connectivity index (χ0v) is 34.6. The summed E-state index contributed by atoms with van der Waals surface area (Å²) in [6.07, 6.45) is 9.72. The van der Waals surface area contributed by atoms with Crippen molar-refractivity contribution in [2.75, 3.05) is 39.4 Å². The number of amidine groups is 1. The standard InChI is InChI=1S/C46H57FN8O4/c1-29-23-53(24-30(2)49-29)25-33-11-16-40(35(19-33)26-54-17-18-58-28-32(54)4)34-8-6-9-39(20-34)59-46-41(21-36(47)22-48-46)44(56)50-37-12-14-38(15-13-37)51-45(57)42-27-55-31(3)7-5-10-43(55)52-42/h5-11,16,19-22,29-30,32,37-38,42,49H,12-15,17-18,23-28H2,1-4H3,(H,50,56)(H,51,57)/t29-,30+,32-,37-,38+,42?/m0/s1. The number of hydrogen-bond acceptors (Lipinski definition) is 10. The van der Waals surface area contributed by atoms with Crippen LogP contribution >= 0.6 is 0 Å². The second-order valence-electron chi connectivity index (χ2n) is 17.0. The van der Waals surface area contributed by atoms with Gasteiger partial charge >= 0.3 is 0 Å². The predicted octanol–water partition coefficient (Wildman–Crippen LogP) is 5.80. The monoisotopic (exact) mass is 804 g/mol. The minimum Gasteiger partial charge on any atom is -0.438 e. The lowest BCUT2D eigenvalue weighted by molar-refractivity contribution is -0.123. The summed E-state index contributed by atoms with van der Waals surface area (Å²) in [7, 11) is 0. The number of aromatic nitrogens is 1. The molecular formula is C46H57FN8O4. The number of pyridine rings is 1. The Labute approximate surface area is 346 Å². The summed E-state index contributed by atoms with van der Waals surface area (Å²) in [6.45, 7) is 15.2. The van der Waals surface area contributed by atoms with Crippen molar-refractivity contribution >= 4 is 17.6 Å². The number of aliphatic imine (C=N–C) groups is 1. The van der Waals surface area contributed by atoms with Crippen LogP contribution in [-0.4, -0.2) is 113 Å². The molecule has 0 spiro atoms. The van der Waals surface area contributed by atoms with Gasteiger partial charge in [0.05, 0.1) is 26.0 Å². The van der Waals surface area contributed by atoms with Gasteiger partial charge in [0.15, 0.2) is 0 Å². The van der Waals surface area contributed by atoms with Crippen LogP contribution in [0.4, 0.5) is 4.39 Å². The zero-order valence-electron chi connectivity index (χ0n) is 34.6. The Morgan fingerprint density at radius 3 is 2.51 bits per heavy atom. The molecule has 2 aromatic carbocycles. The van der Waals surface area contributed by atoms with Gasteiger partial charge in [0, 0.05) is 68.6 Å². The predicted molar refractivity (Wildman–Crippen MR) is 227 cm³/mol. The van der Waals surface area contributed by atoms with Gasteiger partial charge in [-0.2, -0.15) is 0 Å². The van der Waals surface area contributed by atoms with Crippen LogP contribution in [0.5, 0.6) is 11.6 Å². The Morgan fingerprint density at radius 1 is 0.966 bits per heavy atom. The Bertz CT molecular complexity index is 2110. The molecular weight excluding hydrogens is 748 g/mol. The van der Waals surface area contributed by atoms with Gasteiger partial charge in [-0.3, -0.25) is 24.4 Å². The second kappa shape index (κ2) is 18.1. The Balaban J connectivity index is 0.928. The van der Waals surface area contributed by atoms with E-state index in [-0.39, 0.29) is 29.4 Å². The van der Waals surface area contributed by atoms with Crippen LogP contribution < -0.4 is 20.7 Å². The summed E-state index contributed by atoms with van der Waals surface area (Å²) in [5, 5.41) is 9.89. The van der Waals surface area contributed by atoms with E-state index in [1.165, 1.54) is 17.2 Å². The van der Waals surface area contributed by atoms with Crippen LogP contribution in [0.15, 0.2) is 83.6 Å². The zero-order chi connectivity index (χ0) is 41.0. The van der Waals surface area contributed by atoms with Crippen molar-refractivity contribution in [2.45, 2.75) is 103 Å². The molecule has 2 saturated heterocycles. The summed E-state index contributed by atoms with van der Waals surface area (Å²) in [5.41, 5.74) is 5.70. The summed E-state index contributed by atoms with van der Waals surface area (Å²) < 4.78 is 26.7. The van der Waals surface area contributed by atoms with Gasteiger partial charge in [-0.05, 0) is 106 Å². The van der Waals surface area contributed by atoms with Gasteiger partial charge in [0.2, 0.25) is 11.8 Å². The van der Waals surface area contributed by atoms with Crippen LogP contribution in [0.1, 0.15) is 74.9 Å². The largest absolute Gasteiger partial charge is 0.438 e. The molecule has 1 aliphatic carbocycles. The molecule has 0 radical (unpaired) electrons. The number of allylic oxidation sites excluding steroid dienone is 3. The van der Waals surface area contributed by atoms with Crippen molar-refractivity contribution in [3.63, 3.8) is 0 Å². The van der Waals surface area contributed by atoms with Gasteiger partial charge in [0.1, 0.15) is 29.0 Å². The number of nitrogens with one attached hydrogen (secondary N) is 3. The summed E-state index contributed by atoms with van der Waals surface area (Å²) in [5.74, 6) is 0.203. The number of morpholine rings is 1. The number of ether oxygens (including phenoxy) is 2. The van der Waals surface area contributed by atoms with E-state index in [1.54, 1.807) is 0 Å². The van der Waals surface area contributed by atoms with Crippen LogP contribution in [0.25, 0.3) is 11.1 Å². The van der Waals surface area contributed by atoms with Crippen LogP contribution in [0, 0.1) is 5.82 Å². The van der Waals surface area contributed by atoms with Crippen molar-refractivity contribution in [2.24, 2.45) is 4.99 Å².